The largest absolute Gasteiger partial charge is 0.509 e. The maximum atomic E-state index is 8.86. The third-order valence-electron chi connectivity index (χ3n) is 15.1. The van der Waals surface area contributed by atoms with Crippen molar-refractivity contribution in [2.45, 2.75) is 78.3 Å². The van der Waals surface area contributed by atoms with Gasteiger partial charge >= 0.3 is 0 Å². The average Bonchev–Trinajstić information content (AvgIpc) is 1.06. The summed E-state index contributed by atoms with van der Waals surface area (Å²) in [5.74, 6) is 1.71. The van der Waals surface area contributed by atoms with Crippen molar-refractivity contribution in [2.24, 2.45) is 0 Å². The quantitative estimate of drug-likeness (QED) is 0.156. The van der Waals surface area contributed by atoms with E-state index in [0.717, 1.165) is 87.8 Å². The minimum absolute atomic E-state index is 0. The molecule has 0 saturated carbocycles. The number of aromatic nitrogens is 3. The van der Waals surface area contributed by atoms with Gasteiger partial charge in [0.2, 0.25) is 0 Å². The monoisotopic (exact) mass is 1200 g/mol. The van der Waals surface area contributed by atoms with Crippen molar-refractivity contribution in [1.82, 2.24) is 14.1 Å². The Bertz CT molecular complexity index is 4740. The molecule has 0 unspecified atom stereocenters. The summed E-state index contributed by atoms with van der Waals surface area (Å²) >= 11 is 0. The van der Waals surface area contributed by atoms with Crippen LogP contribution in [-0.4, -0.2) is 14.1 Å². The third kappa shape index (κ3) is 8.79. The van der Waals surface area contributed by atoms with Crippen LogP contribution < -0.4 is 9.64 Å². The van der Waals surface area contributed by atoms with Gasteiger partial charge in [-0.1, -0.05) is 207 Å². The Morgan fingerprint density at radius 3 is 1.86 bits per heavy atom. The zero-order valence-electron chi connectivity index (χ0n) is 53.1. The van der Waals surface area contributed by atoms with Crippen LogP contribution in [0.15, 0.2) is 200 Å². The molecule has 1 aliphatic rings. The number of nitrogens with zero attached hydrogens (tertiary/aromatic N) is 4. The van der Waals surface area contributed by atoms with Crippen molar-refractivity contribution in [1.29, 1.82) is 0 Å². The van der Waals surface area contributed by atoms with E-state index in [4.69, 9.17) is 22.1 Å². The molecule has 0 bridgehead atoms. The predicted molar refractivity (Wildman–Crippen MR) is 324 cm³/mol. The number of fused-ring (bicyclic) bond motifs is 10. The minimum atomic E-state index is -3.49. The molecular weight excluding hydrogens is 1130 g/mol. The number of hydrogen-bond acceptors (Lipinski definition) is 3. The molecule has 78 heavy (non-hydrogen) atoms. The number of ether oxygens (including phenoxy) is 1. The maximum Gasteiger partial charge on any atom is 0.135 e. The molecule has 9 aromatic carbocycles. The first-order chi connectivity index (χ1) is 40.8. The van der Waals surface area contributed by atoms with E-state index in [1.54, 1.807) is 0 Å². The summed E-state index contributed by atoms with van der Waals surface area (Å²) in [4.78, 5) is 6.96. The zero-order valence-corrected chi connectivity index (χ0v) is 46.4. The van der Waals surface area contributed by atoms with Gasteiger partial charge < -0.3 is 18.8 Å². The minimum Gasteiger partial charge on any atom is -0.509 e. The zero-order chi connectivity index (χ0) is 60.5. The Kier molecular flexibility index (Phi) is 10.1. The van der Waals surface area contributed by atoms with Crippen molar-refractivity contribution in [3.05, 3.63) is 236 Å². The summed E-state index contributed by atoms with van der Waals surface area (Å²) < 4.78 is 90.8. The van der Waals surface area contributed by atoms with Crippen LogP contribution >= 0.6 is 0 Å². The van der Waals surface area contributed by atoms with Gasteiger partial charge in [-0.2, -0.15) is 12.1 Å². The molecular formula is C72H61N4OPt-3. The summed E-state index contributed by atoms with van der Waals surface area (Å²) in [6, 6.07) is 71.7. The van der Waals surface area contributed by atoms with Gasteiger partial charge in [0.05, 0.1) is 0 Å². The second-order valence-electron chi connectivity index (χ2n) is 22.3. The van der Waals surface area contributed by atoms with Gasteiger partial charge in [-0.15, -0.1) is 35.7 Å². The molecule has 13 rings (SSSR count). The third-order valence-corrected chi connectivity index (χ3v) is 15.1. The molecule has 6 heteroatoms. The van der Waals surface area contributed by atoms with Crippen molar-refractivity contribution >= 4 is 76.5 Å². The summed E-state index contributed by atoms with van der Waals surface area (Å²) in [6.07, 6.45) is 1.86. The Balaban J connectivity index is 0.00000739. The van der Waals surface area contributed by atoms with E-state index in [1.165, 1.54) is 12.1 Å². The Morgan fingerprint density at radius 1 is 0.474 bits per heavy atom. The predicted octanol–water partition coefficient (Wildman–Crippen LogP) is 19.5. The molecule has 0 spiro atoms. The molecule has 0 N–H and O–H groups in total. The fourth-order valence-electron chi connectivity index (χ4n) is 11.2. The number of hydrogen-bond donors (Lipinski definition) is 0. The molecule has 0 amide bonds. The van der Waals surface area contributed by atoms with E-state index < -0.39 is 31.4 Å². The molecule has 4 heterocycles. The topological polar surface area (TPSA) is 35.2 Å². The first-order valence-electron chi connectivity index (χ1n) is 30.6. The summed E-state index contributed by atoms with van der Waals surface area (Å²) in [6.45, 7) is 3.96. The summed E-state index contributed by atoms with van der Waals surface area (Å²) in [7, 11) is 0. The molecule has 0 aliphatic carbocycles. The Labute approximate surface area is 485 Å². The second-order valence-corrected chi connectivity index (χ2v) is 22.3. The standard InChI is InChI=1S/C72H61N4O.Pt/c1-70(2,3)49-36-37-73-67(42-49)76-64-30-16-15-26-59(64)60-35-33-54(44-66(60)76)77-53-23-17-22-52(43-53)74-45-75-68-55(48-38-50(71(4,5)6)41-51(39-48)72(7,8)9)27-18-28-61(68)56-24-13-14-25-57(56)63-40-47(46-20-11-10-12-21-46)32-34-58(63)62-29-19-31-65(74)69(62)75;/h10-42,45H,1-9H3;/q-3;/i4D3,5D3,6D3;. The van der Waals surface area contributed by atoms with Gasteiger partial charge in [0.1, 0.15) is 5.82 Å². The van der Waals surface area contributed by atoms with Crippen LogP contribution in [0.5, 0.6) is 11.5 Å². The first-order valence-corrected chi connectivity index (χ1v) is 26.1. The van der Waals surface area contributed by atoms with Gasteiger partial charge in [0.15, 0.2) is 0 Å². The number of rotatable bonds is 6. The van der Waals surface area contributed by atoms with Gasteiger partial charge in [0, 0.05) is 62.3 Å². The van der Waals surface area contributed by atoms with Gasteiger partial charge in [-0.25, -0.2) is 4.98 Å². The molecule has 0 saturated heterocycles. The fourth-order valence-corrected chi connectivity index (χ4v) is 11.2. The van der Waals surface area contributed by atoms with E-state index in [2.05, 4.69) is 144 Å². The fraction of sp³-hybridized carbons (Fsp3) is 0.167. The van der Waals surface area contributed by atoms with Crippen LogP contribution in [0.3, 0.4) is 0 Å². The van der Waals surface area contributed by atoms with Crippen LogP contribution in [0, 0.1) is 18.8 Å². The number of pyridine rings is 1. The van der Waals surface area contributed by atoms with Crippen LogP contribution in [-0.2, 0) is 37.3 Å². The first kappa shape index (κ1) is 41.0. The van der Waals surface area contributed by atoms with Crippen LogP contribution in [0.1, 0.15) is 91.1 Å². The molecule has 12 aromatic rings. The van der Waals surface area contributed by atoms with Gasteiger partial charge in [0.25, 0.3) is 0 Å². The molecule has 0 fully saturated rings. The SMILES string of the molecule is [2H]C([2H])([2H])C(c1cc(-c2cccc3c4ccccc4c4cc(-c5ccccc5)ccc4c4cccc5c4n(c23)[CH-]N5c2[c-]c(Oc3[c-]c4c(cc3)c3ccccc3n4-c3cc(C(C)(C)C)ccn3)ccc2)cc(C(C)(C)C)c1)(C([2H])([2H])[2H])C([2H])([2H])[2H].[Pt]. The molecule has 1 aliphatic heterocycles. The van der Waals surface area contributed by atoms with Crippen molar-refractivity contribution in [2.75, 3.05) is 4.90 Å². The summed E-state index contributed by atoms with van der Waals surface area (Å²) in [5.41, 5.74) is 5.32. The Morgan fingerprint density at radius 2 is 1.10 bits per heavy atom. The van der Waals surface area contributed by atoms with Crippen LogP contribution in [0.25, 0.3) is 93.2 Å². The number of benzene rings is 9. The van der Waals surface area contributed by atoms with Gasteiger partial charge in [-0.05, 0) is 141 Å². The maximum absolute atomic E-state index is 8.86. The van der Waals surface area contributed by atoms with Crippen LogP contribution in [0.4, 0.5) is 11.4 Å². The van der Waals surface area contributed by atoms with E-state index in [9.17, 15) is 0 Å². The number of anilines is 2. The second kappa shape index (κ2) is 19.1. The normalized spacial score (nSPS) is 14.8. The van der Waals surface area contributed by atoms with E-state index in [1.807, 2.05) is 119 Å². The van der Waals surface area contributed by atoms with Crippen molar-refractivity contribution in [3.8, 4) is 39.6 Å². The molecule has 5 nitrogen and oxygen atoms in total. The van der Waals surface area contributed by atoms with Crippen molar-refractivity contribution in [3.63, 3.8) is 0 Å². The Hall–Kier alpha value is -8.11. The van der Waals surface area contributed by atoms with Crippen molar-refractivity contribution < 1.29 is 38.1 Å². The van der Waals surface area contributed by atoms with E-state index >= 15 is 0 Å². The molecule has 388 valence electrons. The molecule has 0 atom stereocenters. The van der Waals surface area contributed by atoms with E-state index in [-0.39, 0.29) is 32.0 Å². The molecule has 0 radical (unpaired) electrons. The van der Waals surface area contributed by atoms with Gasteiger partial charge in [-0.3, -0.25) is 0 Å². The smallest absolute Gasteiger partial charge is 0.135 e. The van der Waals surface area contributed by atoms with Crippen LogP contribution in [0.2, 0.25) is 0 Å². The molecule has 3 aromatic heterocycles. The average molecular weight is 1200 g/mol. The number of para-hydroxylation sites is 3. The van der Waals surface area contributed by atoms with E-state index in [0.29, 0.717) is 39.4 Å². The summed E-state index contributed by atoms with van der Waals surface area (Å²) in [5, 5.41) is 7.64.